The first kappa shape index (κ1) is 62.4. The van der Waals surface area contributed by atoms with Crippen LogP contribution in [0.4, 0.5) is 0 Å². The Labute approximate surface area is 400 Å². The highest BCUT2D eigenvalue weighted by molar-refractivity contribution is 5.42. The Hall–Kier alpha value is -8.87. The second-order valence-corrected chi connectivity index (χ2v) is 12.5. The van der Waals surface area contributed by atoms with Crippen LogP contribution in [0.5, 0.6) is 34.5 Å². The maximum absolute atomic E-state index is 8.49. The molecule has 0 N–H and O–H groups in total. The first-order chi connectivity index (χ1) is 32.6. The molecular formula is C56H63N5O6. The molecule has 6 rings (SSSR count). The van der Waals surface area contributed by atoms with Crippen LogP contribution >= 0.6 is 0 Å². The number of para-hydroxylation sites is 4. The summed E-state index contributed by atoms with van der Waals surface area (Å²) in [6.45, 7) is 20.7. The van der Waals surface area contributed by atoms with Gasteiger partial charge < -0.3 is 28.4 Å². The van der Waals surface area contributed by atoms with Gasteiger partial charge in [-0.05, 0) is 83.9 Å². The van der Waals surface area contributed by atoms with Crippen molar-refractivity contribution >= 4 is 0 Å². The highest BCUT2D eigenvalue weighted by atomic mass is 16.5. The molecule has 67 heavy (non-hydrogen) atoms. The van der Waals surface area contributed by atoms with Crippen LogP contribution in [0.25, 0.3) is 0 Å². The van der Waals surface area contributed by atoms with E-state index in [2.05, 4.69) is 61.9 Å². The van der Waals surface area contributed by atoms with Crippen molar-refractivity contribution in [3.8, 4) is 78.3 Å². The van der Waals surface area contributed by atoms with Crippen molar-refractivity contribution in [2.45, 2.75) is 87.5 Å². The average Bonchev–Trinajstić information content (AvgIpc) is 3.37. The Balaban J connectivity index is -0.000000763. The predicted octanol–water partition coefficient (Wildman–Crippen LogP) is 14.9. The lowest BCUT2D eigenvalue weighted by atomic mass is 9.78. The average molecular weight is 902 g/mol. The second kappa shape index (κ2) is 45.2. The summed E-state index contributed by atoms with van der Waals surface area (Å²) in [5.74, 6) is 3.50. The largest absolute Gasteiger partial charge is 0.408 e. The van der Waals surface area contributed by atoms with Crippen LogP contribution < -0.4 is 28.4 Å². The maximum atomic E-state index is 8.49. The first-order valence-corrected chi connectivity index (χ1v) is 21.5. The molecule has 0 aliphatic rings. The molecule has 11 heteroatoms. The van der Waals surface area contributed by atoms with Gasteiger partial charge in [-0.2, -0.15) is 0 Å². The molecule has 0 spiro atoms. The molecule has 0 radical (unpaired) electrons. The smallest absolute Gasteiger partial charge is 0.292 e. The molecule has 6 aromatic carbocycles. The minimum atomic E-state index is -0.212. The van der Waals surface area contributed by atoms with Crippen molar-refractivity contribution in [3.63, 3.8) is 0 Å². The Kier molecular flexibility index (Phi) is 42.1. The van der Waals surface area contributed by atoms with Gasteiger partial charge in [-0.3, -0.25) is 0 Å². The van der Waals surface area contributed by atoms with E-state index in [1.165, 1.54) is 12.8 Å². The zero-order chi connectivity index (χ0) is 50.8. The number of ether oxygens (including phenoxy) is 6. The fourth-order valence-electron chi connectivity index (χ4n) is 4.33. The highest BCUT2D eigenvalue weighted by Crippen LogP contribution is 2.33. The number of hydrogen-bond acceptors (Lipinski definition) is 11. The van der Waals surface area contributed by atoms with Gasteiger partial charge in [0.15, 0.2) is 0 Å². The van der Waals surface area contributed by atoms with E-state index < -0.39 is 0 Å². The van der Waals surface area contributed by atoms with E-state index >= 15 is 0 Å². The monoisotopic (exact) mass is 901 g/mol. The van der Waals surface area contributed by atoms with Crippen molar-refractivity contribution < 1.29 is 28.4 Å². The quantitative estimate of drug-likeness (QED) is 0.105. The van der Waals surface area contributed by atoms with Gasteiger partial charge in [-0.15, -0.1) is 26.3 Å². The summed E-state index contributed by atoms with van der Waals surface area (Å²) in [5.41, 5.74) is 1.99. The lowest BCUT2D eigenvalue weighted by Crippen LogP contribution is -2.18. The van der Waals surface area contributed by atoms with Gasteiger partial charge in [0.25, 0.3) is 31.3 Å². The van der Waals surface area contributed by atoms with Gasteiger partial charge >= 0.3 is 0 Å². The topological polar surface area (TPSA) is 174 Å². The third-order valence-corrected chi connectivity index (χ3v) is 7.12. The summed E-state index contributed by atoms with van der Waals surface area (Å²) in [7, 11) is 0. The fourth-order valence-corrected chi connectivity index (χ4v) is 4.33. The zero-order valence-electron chi connectivity index (χ0n) is 40.3. The minimum Gasteiger partial charge on any atom is -0.408 e. The molecule has 0 aliphatic carbocycles. The summed E-state index contributed by atoms with van der Waals surface area (Å²) in [6, 6.07) is 50.9. The standard InChI is InChI=1S/C17H14N2O2.C8H6O.3C7H5NO.2C3H8.2C2H6/c1-17(2,13-3-7-15(8-4-13)20-11-18)14-5-9-16(10-6-14)21-12-19;1-2-9-8-6-4-3-5-7-8;3*8-6-9-7-4-2-1-3-5-7;2*1-3-2;2*1-2/h3-10H,1-2H3;1,3-7H;3*1-5H;2*3H2,1-2H3;2*1-2H3. The Morgan fingerprint density at radius 1 is 0.343 bits per heavy atom. The van der Waals surface area contributed by atoms with E-state index in [0.29, 0.717) is 34.5 Å². The Morgan fingerprint density at radius 2 is 0.522 bits per heavy atom. The molecule has 0 aromatic heterocycles. The summed E-state index contributed by atoms with van der Waals surface area (Å²) < 4.78 is 27.8. The van der Waals surface area contributed by atoms with E-state index in [-0.39, 0.29) is 5.41 Å². The second-order valence-electron chi connectivity index (χ2n) is 12.5. The molecule has 6 aromatic rings. The molecule has 348 valence electrons. The van der Waals surface area contributed by atoms with Crippen LogP contribution in [0.3, 0.4) is 0 Å². The highest BCUT2D eigenvalue weighted by Gasteiger charge is 2.23. The number of hydrogen-bond donors (Lipinski definition) is 0. The van der Waals surface area contributed by atoms with Gasteiger partial charge in [0.1, 0.15) is 40.6 Å². The van der Waals surface area contributed by atoms with E-state index in [1.54, 1.807) is 104 Å². The maximum Gasteiger partial charge on any atom is 0.292 e. The Bertz CT molecular complexity index is 2030. The van der Waals surface area contributed by atoms with Crippen molar-refractivity contribution in [2.75, 3.05) is 0 Å². The van der Waals surface area contributed by atoms with Crippen molar-refractivity contribution in [1.29, 1.82) is 26.3 Å². The summed E-state index contributed by atoms with van der Waals surface area (Å²) >= 11 is 0. The number of rotatable bonds is 8. The number of terminal acetylenes is 1. The molecule has 0 saturated heterocycles. The summed E-state index contributed by atoms with van der Waals surface area (Å²) in [6.07, 6.45) is 17.5. The molecule has 0 heterocycles. The zero-order valence-corrected chi connectivity index (χ0v) is 40.3. The molecule has 0 unspecified atom stereocenters. The SMILES string of the molecule is C#COc1ccccc1.CC.CC.CC(C)(c1ccc(OC#N)cc1)c1ccc(OC#N)cc1.CCC.CCC.N#COc1ccccc1.N#COc1ccccc1.N#COc1ccccc1. The molecule has 11 nitrogen and oxygen atoms in total. The van der Waals surface area contributed by atoms with Crippen LogP contribution in [0, 0.1) is 70.1 Å². The summed E-state index contributed by atoms with van der Waals surface area (Å²) in [4.78, 5) is 0. The first-order valence-electron chi connectivity index (χ1n) is 21.5. The lowest BCUT2D eigenvalue weighted by Gasteiger charge is -2.26. The third kappa shape index (κ3) is 32.5. The molecule has 0 aliphatic heterocycles. The number of benzene rings is 6. The number of nitriles is 5. The van der Waals surface area contributed by atoms with E-state index in [4.69, 9.17) is 46.9 Å². The van der Waals surface area contributed by atoms with Crippen LogP contribution in [-0.4, -0.2) is 0 Å². The predicted molar refractivity (Wildman–Crippen MR) is 266 cm³/mol. The summed E-state index contributed by atoms with van der Waals surface area (Å²) in [5, 5.41) is 41.1. The minimum absolute atomic E-state index is 0.212. The van der Waals surface area contributed by atoms with Crippen LogP contribution in [-0.2, 0) is 5.41 Å². The van der Waals surface area contributed by atoms with Crippen molar-refractivity contribution in [3.05, 3.63) is 181 Å². The molecule has 0 saturated carbocycles. The van der Waals surface area contributed by atoms with Gasteiger partial charge in [0.2, 0.25) is 0 Å². The van der Waals surface area contributed by atoms with Gasteiger partial charge in [-0.25, -0.2) is 0 Å². The van der Waals surface area contributed by atoms with Gasteiger partial charge in [-0.1, -0.05) is 186 Å². The van der Waals surface area contributed by atoms with Crippen molar-refractivity contribution in [1.82, 2.24) is 0 Å². The third-order valence-electron chi connectivity index (χ3n) is 7.12. The Morgan fingerprint density at radius 3 is 0.701 bits per heavy atom. The van der Waals surface area contributed by atoms with Gasteiger partial charge in [0.05, 0.1) is 0 Å². The van der Waals surface area contributed by atoms with Gasteiger partial charge in [0, 0.05) is 5.41 Å². The van der Waals surface area contributed by atoms with E-state index in [9.17, 15) is 0 Å². The molecule has 0 amide bonds. The van der Waals surface area contributed by atoms with Crippen LogP contribution in [0.1, 0.15) is 93.2 Å². The van der Waals surface area contributed by atoms with Crippen LogP contribution in [0.15, 0.2) is 170 Å². The van der Waals surface area contributed by atoms with Crippen LogP contribution in [0.2, 0.25) is 0 Å². The number of nitrogens with zero attached hydrogens (tertiary/aromatic N) is 5. The van der Waals surface area contributed by atoms with E-state index in [1.807, 2.05) is 125 Å². The molecule has 0 fully saturated rings. The lowest BCUT2D eigenvalue weighted by molar-refractivity contribution is 0.505. The fraction of sp³-hybridized carbons (Fsp3) is 0.232. The normalized spacial score (nSPS) is 8.18. The van der Waals surface area contributed by atoms with Crippen molar-refractivity contribution in [2.24, 2.45) is 0 Å². The molecule has 0 atom stereocenters. The molecule has 0 bridgehead atoms. The molecular weight excluding hydrogens is 839 g/mol. The van der Waals surface area contributed by atoms with E-state index in [0.717, 1.165) is 11.1 Å².